The average Bonchev–Trinajstić information content (AvgIpc) is 3.14. The van der Waals surface area contributed by atoms with Gasteiger partial charge in [0.1, 0.15) is 5.75 Å². The molecular formula is C19H26N4O3. The number of ether oxygens (including phenoxy) is 1. The zero-order valence-corrected chi connectivity index (χ0v) is 15.6. The minimum atomic E-state index is -0.107. The van der Waals surface area contributed by atoms with Crippen LogP contribution >= 0.6 is 0 Å². The highest BCUT2D eigenvalue weighted by atomic mass is 16.5. The number of nitrogens with one attached hydrogen (secondary N) is 1. The molecule has 140 valence electrons. The topological polar surface area (TPSA) is 80.5 Å². The molecule has 1 aromatic carbocycles. The lowest BCUT2D eigenvalue weighted by Gasteiger charge is -2.30. The van der Waals surface area contributed by atoms with Gasteiger partial charge in [-0.05, 0) is 31.9 Å². The Kier molecular flexibility index (Phi) is 5.75. The molecule has 7 heteroatoms. The van der Waals surface area contributed by atoms with Crippen molar-refractivity contribution in [2.45, 2.75) is 45.4 Å². The number of hydrogen-bond acceptors (Lipinski definition) is 5. The third kappa shape index (κ3) is 4.15. The second-order valence-electron chi connectivity index (χ2n) is 6.75. The SMILES string of the molecule is CCOc1ccccc1NC(=O)N1CCC(c2nnc(C(C)C)o2)CC1. The van der Waals surface area contributed by atoms with Crippen LogP contribution in [-0.4, -0.2) is 40.8 Å². The molecule has 1 saturated heterocycles. The van der Waals surface area contributed by atoms with E-state index < -0.39 is 0 Å². The van der Waals surface area contributed by atoms with Crippen LogP contribution in [0.4, 0.5) is 10.5 Å². The van der Waals surface area contributed by atoms with Crippen molar-refractivity contribution in [3.63, 3.8) is 0 Å². The number of hydrogen-bond donors (Lipinski definition) is 1. The summed E-state index contributed by atoms with van der Waals surface area (Å²) in [5.74, 6) is 2.50. The molecule has 0 saturated carbocycles. The second kappa shape index (κ2) is 8.21. The summed E-state index contributed by atoms with van der Waals surface area (Å²) in [6.45, 7) is 7.86. The maximum absolute atomic E-state index is 12.6. The molecular weight excluding hydrogens is 332 g/mol. The van der Waals surface area contributed by atoms with Crippen LogP contribution in [0.15, 0.2) is 28.7 Å². The van der Waals surface area contributed by atoms with Crippen molar-refractivity contribution >= 4 is 11.7 Å². The van der Waals surface area contributed by atoms with Crippen molar-refractivity contribution < 1.29 is 13.9 Å². The number of carbonyl (C=O) groups excluding carboxylic acids is 1. The minimum Gasteiger partial charge on any atom is -0.492 e. The molecule has 2 amide bonds. The highest BCUT2D eigenvalue weighted by Gasteiger charge is 2.28. The lowest BCUT2D eigenvalue weighted by atomic mass is 9.97. The normalized spacial score (nSPS) is 15.3. The van der Waals surface area contributed by atoms with Crippen molar-refractivity contribution in [2.24, 2.45) is 0 Å². The van der Waals surface area contributed by atoms with Crippen LogP contribution in [0.2, 0.25) is 0 Å². The number of piperidine rings is 1. The molecule has 7 nitrogen and oxygen atoms in total. The van der Waals surface area contributed by atoms with Gasteiger partial charge in [0.05, 0.1) is 12.3 Å². The number of carbonyl (C=O) groups is 1. The van der Waals surface area contributed by atoms with Crippen molar-refractivity contribution in [3.05, 3.63) is 36.0 Å². The molecule has 26 heavy (non-hydrogen) atoms. The summed E-state index contributed by atoms with van der Waals surface area (Å²) >= 11 is 0. The van der Waals surface area contributed by atoms with E-state index in [1.807, 2.05) is 49.9 Å². The van der Waals surface area contributed by atoms with Crippen LogP contribution in [0.3, 0.4) is 0 Å². The zero-order valence-electron chi connectivity index (χ0n) is 15.6. The Balaban J connectivity index is 1.57. The fourth-order valence-corrected chi connectivity index (χ4v) is 3.02. The van der Waals surface area contributed by atoms with Crippen molar-refractivity contribution in [3.8, 4) is 5.75 Å². The van der Waals surface area contributed by atoms with Crippen LogP contribution in [0.1, 0.15) is 57.2 Å². The third-order valence-electron chi connectivity index (χ3n) is 4.51. The monoisotopic (exact) mass is 358 g/mol. The van der Waals surface area contributed by atoms with E-state index in [2.05, 4.69) is 15.5 Å². The van der Waals surface area contributed by atoms with E-state index in [-0.39, 0.29) is 17.9 Å². The largest absolute Gasteiger partial charge is 0.492 e. The van der Waals surface area contributed by atoms with Gasteiger partial charge in [0.15, 0.2) is 0 Å². The molecule has 2 heterocycles. The van der Waals surface area contributed by atoms with Gasteiger partial charge in [-0.25, -0.2) is 4.79 Å². The van der Waals surface area contributed by atoms with Gasteiger partial charge in [-0.15, -0.1) is 10.2 Å². The fraction of sp³-hybridized carbons (Fsp3) is 0.526. The van der Waals surface area contributed by atoms with Gasteiger partial charge in [0.2, 0.25) is 11.8 Å². The summed E-state index contributed by atoms with van der Waals surface area (Å²) in [6, 6.07) is 7.37. The van der Waals surface area contributed by atoms with E-state index in [9.17, 15) is 4.79 Å². The standard InChI is InChI=1S/C19H26N4O3/c1-4-25-16-8-6-5-7-15(16)20-19(24)23-11-9-14(10-12-23)18-22-21-17(26-18)13(2)3/h5-8,13-14H,4,9-12H2,1-3H3,(H,20,24). The van der Waals surface area contributed by atoms with Crippen LogP contribution in [0.5, 0.6) is 5.75 Å². The van der Waals surface area contributed by atoms with E-state index >= 15 is 0 Å². The predicted molar refractivity (Wildman–Crippen MR) is 98.6 cm³/mol. The molecule has 1 aliphatic heterocycles. The third-order valence-corrected chi connectivity index (χ3v) is 4.51. The van der Waals surface area contributed by atoms with Crippen LogP contribution in [0.25, 0.3) is 0 Å². The Bertz CT molecular complexity index is 736. The van der Waals surface area contributed by atoms with Gasteiger partial charge < -0.3 is 19.4 Å². The molecule has 0 spiro atoms. The minimum absolute atomic E-state index is 0.107. The predicted octanol–water partition coefficient (Wildman–Crippen LogP) is 4.00. The number of para-hydroxylation sites is 2. The van der Waals surface area contributed by atoms with E-state index in [0.717, 1.165) is 12.8 Å². The van der Waals surface area contributed by atoms with Gasteiger partial charge in [-0.2, -0.15) is 0 Å². The van der Waals surface area contributed by atoms with Gasteiger partial charge >= 0.3 is 6.03 Å². The van der Waals surface area contributed by atoms with Crippen molar-refractivity contribution in [1.82, 2.24) is 15.1 Å². The highest BCUT2D eigenvalue weighted by molar-refractivity contribution is 5.91. The zero-order chi connectivity index (χ0) is 18.5. The fourth-order valence-electron chi connectivity index (χ4n) is 3.02. The molecule has 1 aliphatic rings. The van der Waals surface area contributed by atoms with Crippen LogP contribution in [-0.2, 0) is 0 Å². The first-order valence-electron chi connectivity index (χ1n) is 9.19. The summed E-state index contributed by atoms with van der Waals surface area (Å²) in [7, 11) is 0. The number of benzene rings is 1. The van der Waals surface area contributed by atoms with E-state index in [4.69, 9.17) is 9.15 Å². The first kappa shape index (κ1) is 18.2. The Hall–Kier alpha value is -2.57. The molecule has 0 bridgehead atoms. The van der Waals surface area contributed by atoms with Gasteiger partial charge in [-0.3, -0.25) is 0 Å². The smallest absolute Gasteiger partial charge is 0.321 e. The molecule has 1 fully saturated rings. The summed E-state index contributed by atoms with van der Waals surface area (Å²) in [5, 5.41) is 11.2. The Labute approximate surface area is 153 Å². The summed E-state index contributed by atoms with van der Waals surface area (Å²) < 4.78 is 11.3. The first-order chi connectivity index (χ1) is 12.6. The number of urea groups is 1. The molecule has 1 N–H and O–H groups in total. The van der Waals surface area contributed by atoms with Crippen molar-refractivity contribution in [2.75, 3.05) is 25.0 Å². The molecule has 1 aromatic heterocycles. The van der Waals surface area contributed by atoms with Gasteiger partial charge in [-0.1, -0.05) is 26.0 Å². The molecule has 2 aromatic rings. The Morgan fingerprint density at radius 2 is 2.04 bits per heavy atom. The number of aromatic nitrogens is 2. The average molecular weight is 358 g/mol. The van der Waals surface area contributed by atoms with E-state index in [1.54, 1.807) is 0 Å². The maximum Gasteiger partial charge on any atom is 0.321 e. The molecule has 0 radical (unpaired) electrons. The Morgan fingerprint density at radius 3 is 2.69 bits per heavy atom. The summed E-state index contributed by atoms with van der Waals surface area (Å²) in [6.07, 6.45) is 1.64. The number of nitrogens with zero attached hydrogens (tertiary/aromatic N) is 3. The number of likely N-dealkylation sites (tertiary alicyclic amines) is 1. The highest BCUT2D eigenvalue weighted by Crippen LogP contribution is 2.29. The molecule has 0 aliphatic carbocycles. The molecule has 0 atom stereocenters. The summed E-state index contributed by atoms with van der Waals surface area (Å²) in [5.41, 5.74) is 0.694. The lowest BCUT2D eigenvalue weighted by molar-refractivity contribution is 0.189. The van der Waals surface area contributed by atoms with E-state index in [1.165, 1.54) is 0 Å². The maximum atomic E-state index is 12.6. The van der Waals surface area contributed by atoms with Crippen molar-refractivity contribution in [1.29, 1.82) is 0 Å². The number of anilines is 1. The lowest BCUT2D eigenvalue weighted by Crippen LogP contribution is -2.40. The van der Waals surface area contributed by atoms with Crippen LogP contribution in [0, 0.1) is 0 Å². The molecule has 0 unspecified atom stereocenters. The first-order valence-corrected chi connectivity index (χ1v) is 9.19. The van der Waals surface area contributed by atoms with Crippen LogP contribution < -0.4 is 10.1 Å². The number of amides is 2. The van der Waals surface area contributed by atoms with Gasteiger partial charge in [0, 0.05) is 24.9 Å². The van der Waals surface area contributed by atoms with Gasteiger partial charge in [0.25, 0.3) is 0 Å². The number of rotatable bonds is 5. The summed E-state index contributed by atoms with van der Waals surface area (Å²) in [4.78, 5) is 14.4. The Morgan fingerprint density at radius 1 is 1.31 bits per heavy atom. The second-order valence-corrected chi connectivity index (χ2v) is 6.75. The van der Waals surface area contributed by atoms with E-state index in [0.29, 0.717) is 42.9 Å². The molecule has 3 rings (SSSR count). The quantitative estimate of drug-likeness (QED) is 0.874.